The van der Waals surface area contributed by atoms with Crippen molar-refractivity contribution in [2.24, 2.45) is 0 Å². The number of aromatic nitrogens is 1. The summed E-state index contributed by atoms with van der Waals surface area (Å²) in [5, 5.41) is 0.145. The molecule has 0 saturated carbocycles. The van der Waals surface area contributed by atoms with Gasteiger partial charge in [-0.15, -0.1) is 0 Å². The Labute approximate surface area is 117 Å². The highest BCUT2D eigenvalue weighted by Gasteiger charge is 2.10. The summed E-state index contributed by atoms with van der Waals surface area (Å²) in [4.78, 5) is 23.4. The summed E-state index contributed by atoms with van der Waals surface area (Å²) in [6.45, 7) is 0. The molecular weight excluding hydrogens is 282 g/mol. The third kappa shape index (κ3) is 2.09. The van der Waals surface area contributed by atoms with Gasteiger partial charge in [0.1, 0.15) is 0 Å². The standard InChI is InChI=1S/C14H8ClNO2S/c15-13(17)9-4-3-5-10(8-9)16-14(18)11-6-1-2-7-12(11)19-16/h1-8H. The van der Waals surface area contributed by atoms with E-state index in [1.54, 1.807) is 34.3 Å². The van der Waals surface area contributed by atoms with E-state index in [1.165, 1.54) is 11.5 Å². The van der Waals surface area contributed by atoms with Crippen LogP contribution < -0.4 is 5.56 Å². The average Bonchev–Trinajstić information content (AvgIpc) is 2.77. The van der Waals surface area contributed by atoms with Gasteiger partial charge in [-0.05, 0) is 41.9 Å². The Kier molecular flexibility index (Phi) is 2.97. The van der Waals surface area contributed by atoms with Gasteiger partial charge in [0.25, 0.3) is 10.8 Å². The van der Waals surface area contributed by atoms with Crippen molar-refractivity contribution in [2.45, 2.75) is 0 Å². The zero-order valence-corrected chi connectivity index (χ0v) is 11.2. The molecule has 1 aromatic heterocycles. The van der Waals surface area contributed by atoms with Gasteiger partial charge in [-0.1, -0.05) is 29.7 Å². The maximum Gasteiger partial charge on any atom is 0.273 e. The molecule has 0 fully saturated rings. The lowest BCUT2D eigenvalue weighted by molar-refractivity contribution is 0.108. The number of hydrogen-bond donors (Lipinski definition) is 0. The molecule has 0 atom stereocenters. The van der Waals surface area contributed by atoms with Gasteiger partial charge in [-0.25, -0.2) is 3.96 Å². The van der Waals surface area contributed by atoms with Crippen LogP contribution in [0.5, 0.6) is 0 Å². The Morgan fingerprint density at radius 3 is 2.63 bits per heavy atom. The maximum atomic E-state index is 12.3. The highest BCUT2D eigenvalue weighted by molar-refractivity contribution is 7.14. The van der Waals surface area contributed by atoms with Gasteiger partial charge in [0.05, 0.1) is 15.8 Å². The van der Waals surface area contributed by atoms with Crippen molar-refractivity contribution in [3.8, 4) is 5.69 Å². The Morgan fingerprint density at radius 1 is 1.11 bits per heavy atom. The largest absolute Gasteiger partial charge is 0.276 e. The van der Waals surface area contributed by atoms with Crippen molar-refractivity contribution in [1.29, 1.82) is 0 Å². The van der Waals surface area contributed by atoms with E-state index in [2.05, 4.69) is 0 Å². The number of carbonyl (C=O) groups is 1. The second-order valence-corrected chi connectivity index (χ2v) is 5.34. The molecule has 3 rings (SSSR count). The fraction of sp³-hybridized carbons (Fsp3) is 0. The third-order valence-electron chi connectivity index (χ3n) is 2.80. The Morgan fingerprint density at radius 2 is 1.89 bits per heavy atom. The van der Waals surface area contributed by atoms with E-state index in [0.29, 0.717) is 16.6 Å². The molecule has 0 aliphatic rings. The van der Waals surface area contributed by atoms with Crippen LogP contribution in [-0.4, -0.2) is 9.20 Å². The van der Waals surface area contributed by atoms with Crippen molar-refractivity contribution in [3.05, 3.63) is 64.4 Å². The van der Waals surface area contributed by atoms with Crippen LogP contribution in [0.4, 0.5) is 0 Å². The minimum Gasteiger partial charge on any atom is -0.276 e. The summed E-state index contributed by atoms with van der Waals surface area (Å²) < 4.78 is 2.48. The van der Waals surface area contributed by atoms with Gasteiger partial charge in [-0.2, -0.15) is 0 Å². The fourth-order valence-electron chi connectivity index (χ4n) is 1.90. The van der Waals surface area contributed by atoms with Gasteiger partial charge >= 0.3 is 0 Å². The van der Waals surface area contributed by atoms with Crippen molar-refractivity contribution in [2.75, 3.05) is 0 Å². The lowest BCUT2D eigenvalue weighted by atomic mass is 10.2. The fourth-order valence-corrected chi connectivity index (χ4v) is 3.00. The number of carbonyl (C=O) groups excluding carboxylic acids is 1. The van der Waals surface area contributed by atoms with Crippen molar-refractivity contribution >= 4 is 38.5 Å². The Hall–Kier alpha value is -1.91. The predicted molar refractivity (Wildman–Crippen MR) is 77.6 cm³/mol. The smallest absolute Gasteiger partial charge is 0.273 e. The second-order valence-electron chi connectivity index (χ2n) is 4.01. The van der Waals surface area contributed by atoms with E-state index < -0.39 is 5.24 Å². The first-order valence-corrected chi connectivity index (χ1v) is 6.73. The molecule has 0 saturated heterocycles. The van der Waals surface area contributed by atoms with Crippen molar-refractivity contribution in [1.82, 2.24) is 3.96 Å². The summed E-state index contributed by atoms with van der Waals surface area (Å²) in [6, 6.07) is 14.1. The van der Waals surface area contributed by atoms with Crippen LogP contribution in [0.3, 0.4) is 0 Å². The number of rotatable bonds is 2. The van der Waals surface area contributed by atoms with Crippen LogP contribution >= 0.6 is 23.1 Å². The number of fused-ring (bicyclic) bond motifs is 1. The van der Waals surface area contributed by atoms with Crippen LogP contribution in [-0.2, 0) is 0 Å². The molecule has 5 heteroatoms. The normalized spacial score (nSPS) is 10.8. The topological polar surface area (TPSA) is 39.1 Å². The molecule has 0 spiro atoms. The molecule has 1 heterocycles. The first-order chi connectivity index (χ1) is 9.16. The van der Waals surface area contributed by atoms with E-state index in [1.807, 2.05) is 18.2 Å². The molecule has 19 heavy (non-hydrogen) atoms. The van der Waals surface area contributed by atoms with Gasteiger partial charge in [0.15, 0.2) is 0 Å². The van der Waals surface area contributed by atoms with Gasteiger partial charge in [0.2, 0.25) is 0 Å². The first-order valence-electron chi connectivity index (χ1n) is 5.58. The molecule has 0 N–H and O–H groups in total. The number of nitrogens with zero attached hydrogens (tertiary/aromatic N) is 1. The minimum absolute atomic E-state index is 0.0835. The molecule has 0 aliphatic heterocycles. The van der Waals surface area contributed by atoms with Gasteiger partial charge in [-0.3, -0.25) is 9.59 Å². The zero-order chi connectivity index (χ0) is 13.4. The number of hydrogen-bond acceptors (Lipinski definition) is 3. The summed E-state index contributed by atoms with van der Waals surface area (Å²) >= 11 is 6.81. The van der Waals surface area contributed by atoms with E-state index in [-0.39, 0.29) is 5.56 Å². The molecule has 3 aromatic rings. The number of halogens is 1. The molecule has 0 radical (unpaired) electrons. The minimum atomic E-state index is -0.531. The lowest BCUT2D eigenvalue weighted by Crippen LogP contribution is -2.10. The summed E-state index contributed by atoms with van der Waals surface area (Å²) in [7, 11) is 0. The van der Waals surface area contributed by atoms with Crippen LogP contribution in [0, 0.1) is 0 Å². The Balaban J connectivity index is 2.25. The lowest BCUT2D eigenvalue weighted by Gasteiger charge is -2.01. The van der Waals surface area contributed by atoms with E-state index in [9.17, 15) is 9.59 Å². The van der Waals surface area contributed by atoms with Crippen molar-refractivity contribution in [3.63, 3.8) is 0 Å². The summed E-state index contributed by atoms with van der Waals surface area (Å²) in [6.07, 6.45) is 0. The third-order valence-corrected chi connectivity index (χ3v) is 4.13. The monoisotopic (exact) mass is 289 g/mol. The van der Waals surface area contributed by atoms with Crippen LogP contribution in [0.25, 0.3) is 15.8 Å². The van der Waals surface area contributed by atoms with Crippen molar-refractivity contribution < 1.29 is 4.79 Å². The van der Waals surface area contributed by atoms with E-state index >= 15 is 0 Å². The SMILES string of the molecule is O=C(Cl)c1cccc(-n2sc3ccccc3c2=O)c1. The van der Waals surface area contributed by atoms with Gasteiger partial charge < -0.3 is 0 Å². The molecule has 0 aliphatic carbocycles. The Bertz CT molecular complexity index is 835. The molecule has 0 amide bonds. The molecule has 0 unspecified atom stereocenters. The summed E-state index contributed by atoms with van der Waals surface area (Å²) in [5.41, 5.74) is 0.945. The highest BCUT2D eigenvalue weighted by Crippen LogP contribution is 2.20. The first kappa shape index (κ1) is 12.1. The van der Waals surface area contributed by atoms with Gasteiger partial charge in [0, 0.05) is 5.56 Å². The molecule has 0 bridgehead atoms. The molecule has 2 aromatic carbocycles. The van der Waals surface area contributed by atoms with Crippen LogP contribution in [0.2, 0.25) is 0 Å². The van der Waals surface area contributed by atoms with E-state index in [0.717, 1.165) is 4.70 Å². The quantitative estimate of drug-likeness (QED) is 0.678. The van der Waals surface area contributed by atoms with Crippen LogP contribution in [0.1, 0.15) is 10.4 Å². The predicted octanol–water partition coefficient (Wildman–Crippen LogP) is 3.43. The molecular formula is C14H8ClNO2S. The summed E-state index contributed by atoms with van der Waals surface area (Å²) in [5.74, 6) is 0. The molecule has 3 nitrogen and oxygen atoms in total. The maximum absolute atomic E-state index is 12.3. The highest BCUT2D eigenvalue weighted by atomic mass is 35.5. The average molecular weight is 290 g/mol. The molecule has 94 valence electrons. The number of benzene rings is 2. The van der Waals surface area contributed by atoms with Crippen LogP contribution in [0.15, 0.2) is 53.3 Å². The van der Waals surface area contributed by atoms with E-state index in [4.69, 9.17) is 11.6 Å². The second kappa shape index (κ2) is 4.64. The zero-order valence-electron chi connectivity index (χ0n) is 9.67.